The van der Waals surface area contributed by atoms with Gasteiger partial charge in [-0.05, 0) is 75.7 Å². The van der Waals surface area contributed by atoms with Crippen molar-refractivity contribution >= 4 is 53.2 Å². The highest BCUT2D eigenvalue weighted by molar-refractivity contribution is 5.97. The van der Waals surface area contributed by atoms with Crippen LogP contribution < -0.4 is 55.3 Å². The van der Waals surface area contributed by atoms with E-state index in [4.69, 9.17) is 28.7 Å². The molecule has 340 valence electrons. The third kappa shape index (κ3) is 18.5. The maximum Gasteiger partial charge on any atom is 0.245 e. The van der Waals surface area contributed by atoms with Crippen LogP contribution in [0.15, 0.2) is 4.99 Å². The molecule has 0 bridgehead atoms. The van der Waals surface area contributed by atoms with Crippen LogP contribution in [0.5, 0.6) is 0 Å². The molecule has 1 saturated heterocycles. The smallest absolute Gasteiger partial charge is 0.245 e. The van der Waals surface area contributed by atoms with Crippen LogP contribution >= 0.6 is 0 Å². The van der Waals surface area contributed by atoms with E-state index < -0.39 is 84.0 Å². The fourth-order valence-electron chi connectivity index (χ4n) is 7.69. The fourth-order valence-corrected chi connectivity index (χ4v) is 7.69. The van der Waals surface area contributed by atoms with E-state index in [2.05, 4.69) is 31.6 Å². The topological polar surface area (TPSA) is 342 Å². The Bertz CT molecular complexity index is 1500. The Morgan fingerprint density at radius 1 is 0.667 bits per heavy atom. The van der Waals surface area contributed by atoms with Gasteiger partial charge in [-0.2, -0.15) is 0 Å². The zero-order chi connectivity index (χ0) is 44.9. The van der Waals surface area contributed by atoms with Crippen LogP contribution in [0.3, 0.4) is 0 Å². The zero-order valence-electron chi connectivity index (χ0n) is 36.0. The number of primary amides is 2. The van der Waals surface area contributed by atoms with E-state index in [1.165, 1.54) is 24.2 Å². The molecule has 0 radical (unpaired) electrons. The molecule has 15 N–H and O–H groups in total. The molecule has 1 saturated carbocycles. The number of hydrogen-bond acceptors (Lipinski definition) is 10. The quantitative estimate of drug-likeness (QED) is 0.0275. The lowest BCUT2D eigenvalue weighted by molar-refractivity contribution is -0.142. The van der Waals surface area contributed by atoms with E-state index in [-0.39, 0.29) is 75.4 Å². The highest BCUT2D eigenvalue weighted by atomic mass is 16.2. The van der Waals surface area contributed by atoms with Gasteiger partial charge in [0.15, 0.2) is 5.96 Å². The Balaban J connectivity index is 2.22. The van der Waals surface area contributed by atoms with E-state index in [1.54, 1.807) is 0 Å². The largest absolute Gasteiger partial charge is 0.370 e. The normalized spacial score (nSPS) is 18.1. The molecule has 20 heteroatoms. The standard InChI is InChI=1S/C40H72N12O8/c1-23(2)20-29(47-33(54)15-14-25-10-6-5-7-11-25)36(57)51-30(21-24(3)4)37(58)49-27(16-17-41)39(60)52-19-9-13-31(52)38(59)48-26(12-8-18-46-40(44)45)35(56)50-28(34(43)55)22-32(42)53/h23-31H,5-22,41H2,1-4H3,(H2,42,53)(H2,43,55)(H,47,54)(H,48,59)(H,49,58)(H,50,56)(H,51,57)(H4,44,45,46)/t26-,27-,28-,29-,30-,31-/m0/s1. The maximum atomic E-state index is 14.1. The van der Waals surface area contributed by atoms with Gasteiger partial charge < -0.3 is 60.2 Å². The first-order chi connectivity index (χ1) is 28.3. The summed E-state index contributed by atoms with van der Waals surface area (Å²) in [6, 6.07) is -6.78. The van der Waals surface area contributed by atoms with E-state index in [0.29, 0.717) is 25.2 Å². The van der Waals surface area contributed by atoms with Crippen molar-refractivity contribution in [3.8, 4) is 0 Å². The lowest BCUT2D eigenvalue weighted by atomic mass is 9.86. The van der Waals surface area contributed by atoms with E-state index in [1.807, 2.05) is 27.7 Å². The minimum absolute atomic E-state index is 0.00800. The number of rotatable bonds is 26. The first kappa shape index (κ1) is 51.1. The molecule has 0 aromatic carbocycles. The average molecular weight is 849 g/mol. The SMILES string of the molecule is CC(C)C[C@H](NC(=O)CCC1CCCCC1)C(=O)N[C@@H](CC(C)C)C(=O)N[C@@H](CCN)C(=O)N1CCC[C@H]1C(=O)N[C@@H](CCCN=C(N)N)C(=O)N[C@@H](CC(N)=O)C(N)=O. The molecule has 2 aliphatic rings. The van der Waals surface area contributed by atoms with Crippen molar-refractivity contribution in [3.05, 3.63) is 0 Å². The Morgan fingerprint density at radius 3 is 1.78 bits per heavy atom. The van der Waals surface area contributed by atoms with E-state index in [9.17, 15) is 38.4 Å². The van der Waals surface area contributed by atoms with Crippen LogP contribution in [0.2, 0.25) is 0 Å². The van der Waals surface area contributed by atoms with Gasteiger partial charge in [-0.25, -0.2) is 0 Å². The first-order valence-corrected chi connectivity index (χ1v) is 21.5. The van der Waals surface area contributed by atoms with Crippen molar-refractivity contribution in [1.29, 1.82) is 0 Å². The number of carbonyl (C=O) groups is 8. The van der Waals surface area contributed by atoms with Crippen LogP contribution in [-0.4, -0.2) is 114 Å². The van der Waals surface area contributed by atoms with Gasteiger partial charge in [0.05, 0.1) is 6.42 Å². The number of aliphatic imine (C=N–C) groups is 1. The van der Waals surface area contributed by atoms with E-state index >= 15 is 0 Å². The third-order valence-corrected chi connectivity index (χ3v) is 10.8. The van der Waals surface area contributed by atoms with Gasteiger partial charge in [-0.1, -0.05) is 59.8 Å². The van der Waals surface area contributed by atoms with Crippen molar-refractivity contribution in [2.45, 2.75) is 160 Å². The van der Waals surface area contributed by atoms with Crippen LogP contribution in [0.1, 0.15) is 124 Å². The van der Waals surface area contributed by atoms with Gasteiger partial charge in [-0.15, -0.1) is 0 Å². The summed E-state index contributed by atoms with van der Waals surface area (Å²) in [6.07, 6.45) is 7.84. The number of guanidine groups is 1. The van der Waals surface area contributed by atoms with Crippen molar-refractivity contribution in [3.63, 3.8) is 0 Å². The summed E-state index contributed by atoms with van der Waals surface area (Å²) in [5.74, 6) is -4.93. The molecule has 1 aliphatic heterocycles. The number of nitrogens with zero attached hydrogens (tertiary/aromatic N) is 2. The van der Waals surface area contributed by atoms with Crippen LogP contribution in [0.25, 0.3) is 0 Å². The monoisotopic (exact) mass is 849 g/mol. The first-order valence-electron chi connectivity index (χ1n) is 21.5. The van der Waals surface area contributed by atoms with Crippen molar-refractivity contribution in [1.82, 2.24) is 31.5 Å². The molecule has 2 rings (SSSR count). The lowest BCUT2D eigenvalue weighted by Crippen LogP contribution is -2.59. The van der Waals surface area contributed by atoms with Crippen molar-refractivity contribution < 1.29 is 38.4 Å². The highest BCUT2D eigenvalue weighted by Crippen LogP contribution is 2.27. The summed E-state index contributed by atoms with van der Waals surface area (Å²) in [4.78, 5) is 111. The molecule has 0 unspecified atom stereocenters. The molecule has 2 fully saturated rings. The molecule has 60 heavy (non-hydrogen) atoms. The van der Waals surface area contributed by atoms with Crippen LogP contribution in [-0.2, 0) is 38.4 Å². The molecule has 20 nitrogen and oxygen atoms in total. The molecule has 0 aromatic rings. The van der Waals surface area contributed by atoms with Crippen molar-refractivity contribution in [2.24, 2.45) is 51.4 Å². The Morgan fingerprint density at radius 2 is 1.23 bits per heavy atom. The van der Waals surface area contributed by atoms with Gasteiger partial charge in [0.25, 0.3) is 0 Å². The fraction of sp³-hybridized carbons (Fsp3) is 0.775. The molecule has 6 atom stereocenters. The van der Waals surface area contributed by atoms with Crippen molar-refractivity contribution in [2.75, 3.05) is 19.6 Å². The van der Waals surface area contributed by atoms with Crippen LogP contribution in [0, 0.1) is 17.8 Å². The molecule has 0 spiro atoms. The summed E-state index contributed by atoms with van der Waals surface area (Å²) < 4.78 is 0. The Hall–Kier alpha value is -5.01. The summed E-state index contributed by atoms with van der Waals surface area (Å²) in [5.41, 5.74) is 27.3. The second-order valence-electron chi connectivity index (χ2n) is 17.0. The number of nitrogens with one attached hydrogen (secondary N) is 5. The second-order valence-corrected chi connectivity index (χ2v) is 17.0. The number of likely N-dealkylation sites (tertiary alicyclic amines) is 1. The third-order valence-electron chi connectivity index (χ3n) is 10.8. The highest BCUT2D eigenvalue weighted by Gasteiger charge is 2.40. The minimum atomic E-state index is -1.43. The number of carbonyl (C=O) groups excluding carboxylic acids is 8. The van der Waals surface area contributed by atoms with Gasteiger partial charge in [0, 0.05) is 19.5 Å². The minimum Gasteiger partial charge on any atom is -0.370 e. The maximum absolute atomic E-state index is 14.1. The van der Waals surface area contributed by atoms with E-state index in [0.717, 1.165) is 19.3 Å². The predicted molar refractivity (Wildman–Crippen MR) is 226 cm³/mol. The second kappa shape index (κ2) is 26.3. The van der Waals surface area contributed by atoms with Gasteiger partial charge in [0.2, 0.25) is 47.3 Å². The number of hydrogen-bond donors (Lipinski definition) is 10. The molecular weight excluding hydrogens is 777 g/mol. The summed E-state index contributed by atoms with van der Waals surface area (Å²) in [6.45, 7) is 7.96. The number of amides is 8. The van der Waals surface area contributed by atoms with Crippen LogP contribution in [0.4, 0.5) is 0 Å². The summed E-state index contributed by atoms with van der Waals surface area (Å²) in [5, 5.41) is 13.5. The van der Waals surface area contributed by atoms with Gasteiger partial charge in [-0.3, -0.25) is 43.3 Å². The average Bonchev–Trinajstić information content (AvgIpc) is 3.67. The molecule has 1 heterocycles. The Kier molecular flexibility index (Phi) is 22.4. The predicted octanol–water partition coefficient (Wildman–Crippen LogP) is -1.38. The molecule has 1 aliphatic carbocycles. The van der Waals surface area contributed by atoms with Gasteiger partial charge in [0.1, 0.15) is 36.3 Å². The summed E-state index contributed by atoms with van der Waals surface area (Å²) >= 11 is 0. The van der Waals surface area contributed by atoms with Gasteiger partial charge >= 0.3 is 0 Å². The lowest BCUT2D eigenvalue weighted by Gasteiger charge is -2.31. The Labute approximate surface area is 353 Å². The molecular formula is C40H72N12O8. The zero-order valence-corrected chi connectivity index (χ0v) is 36.0. The number of nitrogens with two attached hydrogens (primary N) is 5. The molecule has 0 aromatic heterocycles. The molecule has 8 amide bonds. The summed E-state index contributed by atoms with van der Waals surface area (Å²) in [7, 11) is 0.